The molecule has 8 heteroatoms. The number of nitrogens with one attached hydrogen (secondary N) is 2. The second-order valence-electron chi connectivity index (χ2n) is 4.22. The molecule has 0 aliphatic heterocycles. The van der Waals surface area contributed by atoms with Crippen molar-refractivity contribution in [3.8, 4) is 5.75 Å². The monoisotopic (exact) mass is 289 g/mol. The minimum absolute atomic E-state index is 0.0587. The summed E-state index contributed by atoms with van der Waals surface area (Å²) < 4.78 is 5.07. The van der Waals surface area contributed by atoms with Crippen LogP contribution in [0.5, 0.6) is 5.75 Å². The van der Waals surface area contributed by atoms with Gasteiger partial charge in [-0.25, -0.2) is 0 Å². The van der Waals surface area contributed by atoms with Crippen molar-refractivity contribution in [2.24, 2.45) is 0 Å². The first-order chi connectivity index (χ1) is 10.1. The molecule has 0 unspecified atom stereocenters. The van der Waals surface area contributed by atoms with Crippen molar-refractivity contribution in [1.82, 2.24) is 15.0 Å². The Bertz CT molecular complexity index is 653. The van der Waals surface area contributed by atoms with Crippen molar-refractivity contribution < 1.29 is 14.3 Å². The summed E-state index contributed by atoms with van der Waals surface area (Å²) in [6.45, 7) is 1.31. The number of benzene rings is 1. The zero-order valence-corrected chi connectivity index (χ0v) is 11.7. The van der Waals surface area contributed by atoms with Gasteiger partial charge in [0.2, 0.25) is 11.8 Å². The molecule has 110 valence electrons. The van der Waals surface area contributed by atoms with Gasteiger partial charge in [0.05, 0.1) is 13.3 Å². The first-order valence-corrected chi connectivity index (χ1v) is 6.18. The van der Waals surface area contributed by atoms with Crippen LogP contribution in [0.25, 0.3) is 0 Å². The molecule has 0 fully saturated rings. The molecule has 0 spiro atoms. The fourth-order valence-electron chi connectivity index (χ4n) is 1.64. The van der Waals surface area contributed by atoms with E-state index in [0.29, 0.717) is 17.3 Å². The lowest BCUT2D eigenvalue weighted by Crippen LogP contribution is -2.20. The lowest BCUT2D eigenvalue weighted by atomic mass is 10.3. The fraction of sp³-hybridized carbons (Fsp3) is 0.231. The molecule has 0 saturated carbocycles. The van der Waals surface area contributed by atoms with Gasteiger partial charge < -0.3 is 15.4 Å². The second kappa shape index (κ2) is 6.51. The topological polar surface area (TPSA) is 98.1 Å². The second-order valence-corrected chi connectivity index (χ2v) is 4.22. The van der Waals surface area contributed by atoms with Crippen LogP contribution in [0.15, 0.2) is 30.5 Å². The van der Waals surface area contributed by atoms with Crippen LogP contribution in [0.4, 0.5) is 11.5 Å². The summed E-state index contributed by atoms with van der Waals surface area (Å²) in [5, 5.41) is 13.0. The first-order valence-electron chi connectivity index (χ1n) is 6.18. The van der Waals surface area contributed by atoms with Crippen LogP contribution in [0.3, 0.4) is 0 Å². The molecule has 21 heavy (non-hydrogen) atoms. The summed E-state index contributed by atoms with van der Waals surface area (Å²) in [6, 6.07) is 7.01. The van der Waals surface area contributed by atoms with E-state index in [9.17, 15) is 9.59 Å². The smallest absolute Gasteiger partial charge is 0.247 e. The zero-order valence-electron chi connectivity index (χ0n) is 11.7. The summed E-state index contributed by atoms with van der Waals surface area (Å²) in [6.07, 6.45) is 1.38. The Hall–Kier alpha value is -2.90. The first kappa shape index (κ1) is 14.5. The standard InChI is InChI=1S/C13H15N5O3/c1-9(19)15-12-7-14-18(17-12)8-13(20)16-10-4-3-5-11(6-10)21-2/h3-7H,8H2,1-2H3,(H,16,20)(H,15,17,19). The van der Waals surface area contributed by atoms with Crippen molar-refractivity contribution >= 4 is 23.3 Å². The Kier molecular flexibility index (Phi) is 4.50. The molecule has 0 atom stereocenters. The average molecular weight is 289 g/mol. The number of ether oxygens (including phenoxy) is 1. The minimum Gasteiger partial charge on any atom is -0.497 e. The van der Waals surface area contributed by atoms with E-state index in [-0.39, 0.29) is 18.4 Å². The van der Waals surface area contributed by atoms with Gasteiger partial charge in [0.1, 0.15) is 12.3 Å². The number of amides is 2. The fourth-order valence-corrected chi connectivity index (χ4v) is 1.64. The number of carbonyl (C=O) groups excluding carboxylic acids is 2. The molecule has 2 amide bonds. The number of methoxy groups -OCH3 is 1. The summed E-state index contributed by atoms with van der Waals surface area (Å²) in [5.41, 5.74) is 0.619. The lowest BCUT2D eigenvalue weighted by Gasteiger charge is -2.06. The Morgan fingerprint density at radius 1 is 1.33 bits per heavy atom. The van der Waals surface area contributed by atoms with Gasteiger partial charge in [-0.05, 0) is 12.1 Å². The highest BCUT2D eigenvalue weighted by Crippen LogP contribution is 2.16. The van der Waals surface area contributed by atoms with Gasteiger partial charge in [0, 0.05) is 18.7 Å². The maximum absolute atomic E-state index is 11.9. The van der Waals surface area contributed by atoms with E-state index in [1.165, 1.54) is 17.9 Å². The lowest BCUT2D eigenvalue weighted by molar-refractivity contribution is -0.117. The molecule has 1 heterocycles. The third-order valence-electron chi connectivity index (χ3n) is 2.48. The maximum atomic E-state index is 11.9. The molecular formula is C13H15N5O3. The van der Waals surface area contributed by atoms with Gasteiger partial charge >= 0.3 is 0 Å². The number of nitrogens with zero attached hydrogens (tertiary/aromatic N) is 3. The van der Waals surface area contributed by atoms with E-state index in [1.54, 1.807) is 31.4 Å². The summed E-state index contributed by atoms with van der Waals surface area (Å²) in [7, 11) is 1.55. The van der Waals surface area contributed by atoms with Crippen LogP contribution in [-0.4, -0.2) is 33.9 Å². The highest BCUT2D eigenvalue weighted by molar-refractivity contribution is 5.90. The highest BCUT2D eigenvalue weighted by atomic mass is 16.5. The van der Waals surface area contributed by atoms with Crippen LogP contribution in [0.1, 0.15) is 6.92 Å². The molecule has 1 aromatic carbocycles. The van der Waals surface area contributed by atoms with Crippen LogP contribution in [0, 0.1) is 0 Å². The molecule has 0 aliphatic rings. The number of carbonyl (C=O) groups is 2. The molecule has 2 N–H and O–H groups in total. The van der Waals surface area contributed by atoms with Crippen molar-refractivity contribution in [2.45, 2.75) is 13.5 Å². The molecular weight excluding hydrogens is 274 g/mol. The number of anilines is 2. The largest absolute Gasteiger partial charge is 0.497 e. The number of aromatic nitrogens is 3. The van der Waals surface area contributed by atoms with Gasteiger partial charge in [-0.2, -0.15) is 9.90 Å². The average Bonchev–Trinajstić information content (AvgIpc) is 2.85. The minimum atomic E-state index is -0.284. The molecule has 0 aliphatic carbocycles. The molecule has 2 rings (SSSR count). The van der Waals surface area contributed by atoms with Gasteiger partial charge in [-0.1, -0.05) is 6.07 Å². The third-order valence-corrected chi connectivity index (χ3v) is 2.48. The highest BCUT2D eigenvalue weighted by Gasteiger charge is 2.08. The van der Waals surface area contributed by atoms with Crippen molar-refractivity contribution in [2.75, 3.05) is 17.7 Å². The van der Waals surface area contributed by atoms with E-state index in [1.807, 2.05) is 0 Å². The molecule has 1 aromatic heterocycles. The van der Waals surface area contributed by atoms with Gasteiger partial charge in [0.15, 0.2) is 5.82 Å². The van der Waals surface area contributed by atoms with E-state index >= 15 is 0 Å². The van der Waals surface area contributed by atoms with Crippen molar-refractivity contribution in [3.63, 3.8) is 0 Å². The Balaban J connectivity index is 1.94. The molecule has 0 saturated heterocycles. The van der Waals surface area contributed by atoms with E-state index in [4.69, 9.17) is 4.74 Å². The van der Waals surface area contributed by atoms with Crippen molar-refractivity contribution in [3.05, 3.63) is 30.5 Å². The third kappa shape index (κ3) is 4.30. The zero-order chi connectivity index (χ0) is 15.2. The molecule has 8 nitrogen and oxygen atoms in total. The van der Waals surface area contributed by atoms with E-state index < -0.39 is 0 Å². The van der Waals surface area contributed by atoms with Crippen LogP contribution in [0.2, 0.25) is 0 Å². The SMILES string of the molecule is COc1cccc(NC(=O)Cn2ncc(NC(C)=O)n2)c1. The summed E-state index contributed by atoms with van der Waals surface area (Å²) in [4.78, 5) is 23.9. The summed E-state index contributed by atoms with van der Waals surface area (Å²) in [5.74, 6) is 0.422. The summed E-state index contributed by atoms with van der Waals surface area (Å²) >= 11 is 0. The Labute approximate surface area is 121 Å². The predicted molar refractivity (Wildman–Crippen MR) is 75.9 cm³/mol. The number of hydrogen-bond acceptors (Lipinski definition) is 5. The van der Waals surface area contributed by atoms with Gasteiger partial charge in [0.25, 0.3) is 0 Å². The van der Waals surface area contributed by atoms with Crippen LogP contribution >= 0.6 is 0 Å². The maximum Gasteiger partial charge on any atom is 0.247 e. The molecule has 0 radical (unpaired) electrons. The number of rotatable bonds is 5. The van der Waals surface area contributed by atoms with Crippen LogP contribution in [-0.2, 0) is 16.1 Å². The molecule has 2 aromatic rings. The van der Waals surface area contributed by atoms with Gasteiger partial charge in [-0.15, -0.1) is 5.10 Å². The molecule has 0 bridgehead atoms. The van der Waals surface area contributed by atoms with Gasteiger partial charge in [-0.3, -0.25) is 9.59 Å². The normalized spacial score (nSPS) is 10.0. The Morgan fingerprint density at radius 3 is 2.86 bits per heavy atom. The van der Waals surface area contributed by atoms with Crippen molar-refractivity contribution in [1.29, 1.82) is 0 Å². The quantitative estimate of drug-likeness (QED) is 0.851. The predicted octanol–water partition coefficient (Wildman–Crippen LogP) is 0.884. The van der Waals surface area contributed by atoms with Crippen LogP contribution < -0.4 is 15.4 Å². The van der Waals surface area contributed by atoms with E-state index in [0.717, 1.165) is 0 Å². The number of hydrogen-bond donors (Lipinski definition) is 2. The Morgan fingerprint density at radius 2 is 2.14 bits per heavy atom. The van der Waals surface area contributed by atoms with E-state index in [2.05, 4.69) is 20.8 Å².